The van der Waals surface area contributed by atoms with Gasteiger partial charge >= 0.3 is 6.03 Å². The zero-order valence-electron chi connectivity index (χ0n) is 12.4. The summed E-state index contributed by atoms with van der Waals surface area (Å²) in [6, 6.07) is -0.0118. The van der Waals surface area contributed by atoms with Crippen molar-refractivity contribution in [3.63, 3.8) is 0 Å². The Hall–Kier alpha value is -0.710. The Kier molecular flexibility index (Phi) is 3.43. The molecule has 0 unspecified atom stereocenters. The van der Waals surface area contributed by atoms with Gasteiger partial charge in [0, 0.05) is 10.8 Å². The summed E-state index contributed by atoms with van der Waals surface area (Å²) in [5.41, 5.74) is 0. The summed E-state index contributed by atoms with van der Waals surface area (Å²) in [5, 5.41) is 5.27. The van der Waals surface area contributed by atoms with E-state index < -0.39 is 0 Å². The second-order valence-corrected chi connectivity index (χ2v) is 9.13. The number of hydrogen-bond donors (Lipinski definition) is 2. The van der Waals surface area contributed by atoms with Crippen LogP contribution in [0.4, 0.5) is 4.79 Å². The molecule has 5 aliphatic carbocycles. The summed E-state index contributed by atoms with van der Waals surface area (Å²) in [6.45, 7) is 0. The molecule has 0 heterocycles. The van der Waals surface area contributed by atoms with Crippen molar-refractivity contribution in [2.45, 2.75) is 62.2 Å². The molecule has 3 amide bonds. The van der Waals surface area contributed by atoms with Gasteiger partial charge in [-0.1, -0.05) is 0 Å². The van der Waals surface area contributed by atoms with Crippen LogP contribution in [0.1, 0.15) is 51.4 Å². The van der Waals surface area contributed by atoms with E-state index in [2.05, 4.69) is 10.6 Å². The Morgan fingerprint density at radius 3 is 2.10 bits per heavy atom. The average molecular weight is 308 g/mol. The van der Waals surface area contributed by atoms with Gasteiger partial charge < -0.3 is 5.32 Å². The van der Waals surface area contributed by atoms with E-state index in [1.807, 2.05) is 11.8 Å². The Balaban J connectivity index is 1.28. The molecule has 21 heavy (non-hydrogen) atoms. The molecule has 5 saturated carbocycles. The molecule has 0 atom stereocenters. The maximum atomic E-state index is 12.0. The molecule has 116 valence electrons. The van der Waals surface area contributed by atoms with Crippen molar-refractivity contribution < 1.29 is 9.59 Å². The maximum Gasteiger partial charge on any atom is 0.321 e. The molecule has 0 radical (unpaired) electrons. The van der Waals surface area contributed by atoms with Crippen molar-refractivity contribution in [3.8, 4) is 0 Å². The van der Waals surface area contributed by atoms with Crippen LogP contribution in [-0.2, 0) is 4.79 Å². The maximum absolute atomic E-state index is 12.0. The lowest BCUT2D eigenvalue weighted by atomic mass is 9.56. The highest BCUT2D eigenvalue weighted by atomic mass is 32.2. The number of amides is 3. The fourth-order valence-corrected chi connectivity index (χ4v) is 6.61. The largest absolute Gasteiger partial charge is 0.335 e. The van der Waals surface area contributed by atoms with E-state index in [-0.39, 0.29) is 11.9 Å². The van der Waals surface area contributed by atoms with E-state index in [4.69, 9.17) is 0 Å². The second-order valence-electron chi connectivity index (χ2n) is 7.69. The van der Waals surface area contributed by atoms with E-state index in [1.165, 1.54) is 38.5 Å². The van der Waals surface area contributed by atoms with Crippen LogP contribution in [0.15, 0.2) is 0 Å². The number of carbonyl (C=O) groups excluding carboxylic acids is 2. The molecule has 4 nitrogen and oxygen atoms in total. The van der Waals surface area contributed by atoms with Gasteiger partial charge in [-0.25, -0.2) is 4.79 Å². The van der Waals surface area contributed by atoms with Gasteiger partial charge in [-0.3, -0.25) is 10.1 Å². The lowest BCUT2D eigenvalue weighted by Crippen LogP contribution is -2.49. The molecule has 0 aromatic carbocycles. The number of carbonyl (C=O) groups is 2. The van der Waals surface area contributed by atoms with E-state index in [0.717, 1.165) is 30.6 Å². The molecule has 0 saturated heterocycles. The summed E-state index contributed by atoms with van der Waals surface area (Å²) in [6.07, 6.45) is 10.3. The Bertz CT molecular complexity index is 426. The highest BCUT2D eigenvalue weighted by Gasteiger charge is 2.51. The number of imide groups is 1. The van der Waals surface area contributed by atoms with Gasteiger partial charge in [0.2, 0.25) is 5.91 Å². The number of urea groups is 1. The minimum atomic E-state index is -0.311. The SMILES string of the molecule is O=C(CSC12CC3CC(CC(C3)C1)C2)NC(=O)NC1CC1. The fourth-order valence-electron chi connectivity index (χ4n) is 5.04. The zero-order chi connectivity index (χ0) is 14.4. The molecular formula is C16H24N2O2S. The van der Waals surface area contributed by atoms with Crippen LogP contribution < -0.4 is 10.6 Å². The average Bonchev–Trinajstić information content (AvgIpc) is 3.18. The van der Waals surface area contributed by atoms with Crippen molar-refractivity contribution in [2.24, 2.45) is 17.8 Å². The lowest BCUT2D eigenvalue weighted by molar-refractivity contribution is -0.117. The van der Waals surface area contributed by atoms with Crippen LogP contribution in [0.25, 0.3) is 0 Å². The predicted molar refractivity (Wildman–Crippen MR) is 83.1 cm³/mol. The first-order valence-electron chi connectivity index (χ1n) is 8.34. The van der Waals surface area contributed by atoms with Crippen LogP contribution in [0, 0.1) is 17.8 Å². The van der Waals surface area contributed by atoms with Gasteiger partial charge in [-0.05, 0) is 69.1 Å². The van der Waals surface area contributed by atoms with Crippen LogP contribution in [0.5, 0.6) is 0 Å². The van der Waals surface area contributed by atoms with Crippen molar-refractivity contribution in [3.05, 3.63) is 0 Å². The molecular weight excluding hydrogens is 284 g/mol. The quantitative estimate of drug-likeness (QED) is 0.839. The van der Waals surface area contributed by atoms with Gasteiger partial charge in [0.15, 0.2) is 0 Å². The van der Waals surface area contributed by atoms with E-state index in [1.54, 1.807) is 0 Å². The molecule has 5 heteroatoms. The Morgan fingerprint density at radius 2 is 1.57 bits per heavy atom. The van der Waals surface area contributed by atoms with Gasteiger partial charge in [0.25, 0.3) is 0 Å². The van der Waals surface area contributed by atoms with Gasteiger partial charge in [0.1, 0.15) is 0 Å². The molecule has 0 aromatic heterocycles. The van der Waals surface area contributed by atoms with Crippen LogP contribution in [0.2, 0.25) is 0 Å². The third kappa shape index (κ3) is 3.08. The van der Waals surface area contributed by atoms with E-state index in [0.29, 0.717) is 16.5 Å². The van der Waals surface area contributed by atoms with Crippen molar-refractivity contribution in [1.82, 2.24) is 10.6 Å². The molecule has 2 N–H and O–H groups in total. The first-order chi connectivity index (χ1) is 10.1. The summed E-state index contributed by atoms with van der Waals surface area (Å²) in [5.74, 6) is 3.03. The van der Waals surface area contributed by atoms with Crippen LogP contribution in [-0.4, -0.2) is 28.5 Å². The molecule has 0 aromatic rings. The molecule has 0 spiro atoms. The highest BCUT2D eigenvalue weighted by molar-refractivity contribution is 8.01. The minimum absolute atomic E-state index is 0.131. The van der Waals surface area contributed by atoms with Gasteiger partial charge in [-0.15, -0.1) is 11.8 Å². The monoisotopic (exact) mass is 308 g/mol. The lowest BCUT2D eigenvalue weighted by Gasteiger charge is -2.56. The minimum Gasteiger partial charge on any atom is -0.335 e. The smallest absolute Gasteiger partial charge is 0.321 e. The molecule has 4 bridgehead atoms. The van der Waals surface area contributed by atoms with Crippen LogP contribution in [0.3, 0.4) is 0 Å². The summed E-state index contributed by atoms with van der Waals surface area (Å²) in [7, 11) is 0. The predicted octanol–water partition coefficient (Wildman–Crippen LogP) is 2.68. The second kappa shape index (κ2) is 5.18. The number of hydrogen-bond acceptors (Lipinski definition) is 3. The standard InChI is InChI=1S/C16H24N2O2S/c19-14(18-15(20)17-13-1-2-13)9-21-16-6-10-3-11(7-16)5-12(4-10)8-16/h10-13H,1-9H2,(H2,17,18,19,20). The Morgan fingerprint density at radius 1 is 1.00 bits per heavy atom. The molecule has 5 rings (SSSR count). The van der Waals surface area contributed by atoms with Crippen molar-refractivity contribution >= 4 is 23.7 Å². The summed E-state index contributed by atoms with van der Waals surface area (Å²) < 4.78 is 0.346. The zero-order valence-corrected chi connectivity index (χ0v) is 13.2. The first-order valence-corrected chi connectivity index (χ1v) is 9.33. The van der Waals surface area contributed by atoms with Crippen molar-refractivity contribution in [2.75, 3.05) is 5.75 Å². The number of rotatable bonds is 4. The summed E-state index contributed by atoms with van der Waals surface area (Å²) in [4.78, 5) is 23.5. The third-order valence-electron chi connectivity index (χ3n) is 5.66. The van der Waals surface area contributed by atoms with Gasteiger partial charge in [0.05, 0.1) is 5.75 Å². The molecule has 5 aliphatic rings. The van der Waals surface area contributed by atoms with Gasteiger partial charge in [-0.2, -0.15) is 0 Å². The third-order valence-corrected chi connectivity index (χ3v) is 7.18. The van der Waals surface area contributed by atoms with Crippen LogP contribution >= 0.6 is 11.8 Å². The van der Waals surface area contributed by atoms with E-state index >= 15 is 0 Å². The summed E-state index contributed by atoms with van der Waals surface area (Å²) >= 11 is 1.83. The Labute approximate surface area is 130 Å². The fraction of sp³-hybridized carbons (Fsp3) is 0.875. The normalized spacial score (nSPS) is 40.1. The topological polar surface area (TPSA) is 58.2 Å². The number of nitrogens with one attached hydrogen (secondary N) is 2. The van der Waals surface area contributed by atoms with Crippen molar-refractivity contribution in [1.29, 1.82) is 0 Å². The number of thioether (sulfide) groups is 1. The highest BCUT2D eigenvalue weighted by Crippen LogP contribution is 2.60. The molecule has 5 fully saturated rings. The van der Waals surface area contributed by atoms with E-state index in [9.17, 15) is 9.59 Å². The molecule has 0 aliphatic heterocycles. The first kappa shape index (κ1) is 13.9.